The van der Waals surface area contributed by atoms with Gasteiger partial charge in [0.15, 0.2) is 23.0 Å². The van der Waals surface area contributed by atoms with Gasteiger partial charge in [0.25, 0.3) is 0 Å². The topological polar surface area (TPSA) is 72.5 Å². The van der Waals surface area contributed by atoms with Gasteiger partial charge in [-0.15, -0.1) is 0 Å². The first-order valence-corrected chi connectivity index (χ1v) is 9.89. The Morgan fingerprint density at radius 3 is 2.30 bits per heavy atom. The molecule has 0 N–H and O–H groups in total. The zero-order valence-corrected chi connectivity index (χ0v) is 19.1. The lowest BCUT2D eigenvalue weighted by Crippen LogP contribution is -2.09. The maximum atomic E-state index is 12.6. The van der Waals surface area contributed by atoms with Gasteiger partial charge in [-0.2, -0.15) is 0 Å². The summed E-state index contributed by atoms with van der Waals surface area (Å²) in [4.78, 5) is 12.6. The van der Waals surface area contributed by atoms with Crippen LogP contribution in [-0.2, 0) is 11.3 Å². The van der Waals surface area contributed by atoms with Crippen molar-refractivity contribution in [2.24, 2.45) is 0 Å². The Morgan fingerprint density at radius 2 is 1.67 bits per heavy atom. The highest BCUT2D eigenvalue weighted by molar-refractivity contribution is 14.1. The molecule has 0 amide bonds. The fraction of sp³-hybridized carbons (Fsp3) is 0.278. The Labute approximate surface area is 183 Å². The number of carbonyl (C=O) groups is 1. The predicted octanol–water partition coefficient (Wildman–Crippen LogP) is 4.01. The molecule has 27 heavy (non-hydrogen) atoms. The average molecular weight is 598 g/mol. The summed E-state index contributed by atoms with van der Waals surface area (Å²) in [6, 6.07) is 5.15. The first kappa shape index (κ1) is 20.1. The molecule has 0 bridgehead atoms. The lowest BCUT2D eigenvalue weighted by Gasteiger charge is -2.17. The number of halogens is 2. The van der Waals surface area contributed by atoms with Crippen molar-refractivity contribution in [3.05, 3.63) is 36.5 Å². The molecule has 0 unspecified atom stereocenters. The molecule has 0 radical (unpaired) electrons. The van der Waals surface area contributed by atoms with Crippen molar-refractivity contribution >= 4 is 51.2 Å². The van der Waals surface area contributed by atoms with Crippen LogP contribution in [0.2, 0.25) is 0 Å². The third-order valence-electron chi connectivity index (χ3n) is 3.89. The van der Waals surface area contributed by atoms with E-state index < -0.39 is 5.97 Å². The molecule has 0 aromatic heterocycles. The molecule has 1 aliphatic rings. The maximum absolute atomic E-state index is 12.6. The summed E-state index contributed by atoms with van der Waals surface area (Å²) in [5.41, 5.74) is 1.16. The Morgan fingerprint density at radius 1 is 1.00 bits per heavy atom. The second kappa shape index (κ2) is 8.59. The lowest BCUT2D eigenvalue weighted by atomic mass is 10.2. The molecular weight excluding hydrogens is 582 g/mol. The summed E-state index contributed by atoms with van der Waals surface area (Å²) in [6.07, 6.45) is 0. The molecule has 0 fully saturated rings. The number of ether oxygens (including phenoxy) is 6. The van der Waals surface area contributed by atoms with Crippen molar-refractivity contribution in [3.63, 3.8) is 0 Å². The summed E-state index contributed by atoms with van der Waals surface area (Å²) >= 11 is 4.19. The molecule has 0 aliphatic carbocycles. The van der Waals surface area contributed by atoms with E-state index in [2.05, 4.69) is 45.2 Å². The maximum Gasteiger partial charge on any atom is 0.339 e. The van der Waals surface area contributed by atoms with Gasteiger partial charge in [0.1, 0.15) is 6.61 Å². The normalized spacial score (nSPS) is 11.9. The van der Waals surface area contributed by atoms with Crippen LogP contribution in [0.25, 0.3) is 0 Å². The highest BCUT2D eigenvalue weighted by atomic mass is 127. The Balaban J connectivity index is 1.84. The van der Waals surface area contributed by atoms with E-state index in [-0.39, 0.29) is 13.4 Å². The van der Waals surface area contributed by atoms with Crippen LogP contribution < -0.4 is 23.7 Å². The SMILES string of the molecule is COc1cc(COC(=O)c2cc3c(cc2I)OCO3)c(I)c(OC)c1OC. The number of rotatable bonds is 6. The van der Waals surface area contributed by atoms with E-state index in [1.165, 1.54) is 14.2 Å². The lowest BCUT2D eigenvalue weighted by molar-refractivity contribution is 0.0469. The van der Waals surface area contributed by atoms with Gasteiger partial charge in [-0.05, 0) is 63.4 Å². The van der Waals surface area contributed by atoms with Crippen molar-refractivity contribution in [2.45, 2.75) is 6.61 Å². The van der Waals surface area contributed by atoms with Gasteiger partial charge in [-0.3, -0.25) is 0 Å². The molecule has 0 saturated heterocycles. The van der Waals surface area contributed by atoms with E-state index in [1.807, 2.05) is 0 Å². The fourth-order valence-corrected chi connectivity index (χ4v) is 4.01. The number of benzene rings is 2. The molecule has 0 atom stereocenters. The molecule has 2 aromatic carbocycles. The Bertz CT molecular complexity index is 883. The van der Waals surface area contributed by atoms with Gasteiger partial charge in [0, 0.05) is 9.13 Å². The van der Waals surface area contributed by atoms with E-state index >= 15 is 0 Å². The minimum absolute atomic E-state index is 0.0539. The first-order valence-electron chi connectivity index (χ1n) is 7.73. The largest absolute Gasteiger partial charge is 0.493 e. The minimum Gasteiger partial charge on any atom is -0.493 e. The van der Waals surface area contributed by atoms with Crippen molar-refractivity contribution in [1.29, 1.82) is 0 Å². The average Bonchev–Trinajstić information content (AvgIpc) is 3.12. The number of hydrogen-bond donors (Lipinski definition) is 0. The van der Waals surface area contributed by atoms with Crippen LogP contribution in [-0.4, -0.2) is 34.1 Å². The number of esters is 1. The zero-order valence-electron chi connectivity index (χ0n) is 14.8. The highest BCUT2D eigenvalue weighted by Crippen LogP contribution is 2.43. The van der Waals surface area contributed by atoms with Crippen LogP contribution >= 0.6 is 45.2 Å². The zero-order chi connectivity index (χ0) is 19.6. The van der Waals surface area contributed by atoms with E-state index in [4.69, 9.17) is 28.4 Å². The van der Waals surface area contributed by atoms with Gasteiger partial charge < -0.3 is 28.4 Å². The van der Waals surface area contributed by atoms with Crippen molar-refractivity contribution < 1.29 is 33.2 Å². The summed E-state index contributed by atoms with van der Waals surface area (Å²) in [5.74, 6) is 2.21. The Kier molecular flexibility index (Phi) is 6.40. The third-order valence-corrected chi connectivity index (χ3v) is 5.96. The summed E-state index contributed by atoms with van der Waals surface area (Å²) in [6.45, 7) is 0.200. The fourth-order valence-electron chi connectivity index (χ4n) is 2.57. The van der Waals surface area contributed by atoms with Gasteiger partial charge in [0.05, 0.1) is 30.5 Å². The third kappa shape index (κ3) is 3.98. The molecule has 2 aromatic rings. The summed E-state index contributed by atoms with van der Waals surface area (Å²) in [7, 11) is 4.62. The number of carbonyl (C=O) groups excluding carboxylic acids is 1. The summed E-state index contributed by atoms with van der Waals surface area (Å²) in [5, 5.41) is 0. The summed E-state index contributed by atoms with van der Waals surface area (Å²) < 4.78 is 33.8. The first-order chi connectivity index (χ1) is 13.0. The molecular formula is C18H16I2O7. The molecule has 1 heterocycles. The van der Waals surface area contributed by atoms with Crippen molar-refractivity contribution in [3.8, 4) is 28.7 Å². The molecule has 9 heteroatoms. The van der Waals surface area contributed by atoms with E-state index in [9.17, 15) is 4.79 Å². The van der Waals surface area contributed by atoms with E-state index in [1.54, 1.807) is 25.3 Å². The van der Waals surface area contributed by atoms with Crippen LogP contribution in [0.1, 0.15) is 15.9 Å². The van der Waals surface area contributed by atoms with Crippen LogP contribution in [0.4, 0.5) is 0 Å². The molecule has 7 nitrogen and oxygen atoms in total. The number of methoxy groups -OCH3 is 3. The van der Waals surface area contributed by atoms with E-state index in [0.29, 0.717) is 34.3 Å². The van der Waals surface area contributed by atoms with Gasteiger partial charge in [0.2, 0.25) is 12.5 Å². The second-order valence-corrected chi connectivity index (χ2v) is 7.62. The number of fused-ring (bicyclic) bond motifs is 1. The minimum atomic E-state index is -0.456. The monoisotopic (exact) mass is 598 g/mol. The molecule has 0 saturated carbocycles. The van der Waals surface area contributed by atoms with Crippen molar-refractivity contribution in [1.82, 2.24) is 0 Å². The van der Waals surface area contributed by atoms with Crippen molar-refractivity contribution in [2.75, 3.05) is 28.1 Å². The molecule has 3 rings (SSSR count). The second-order valence-electron chi connectivity index (χ2n) is 5.38. The molecule has 144 valence electrons. The van der Waals surface area contributed by atoms with E-state index in [0.717, 1.165) is 12.7 Å². The quantitative estimate of drug-likeness (QED) is 0.368. The van der Waals surface area contributed by atoms with Crippen LogP contribution in [0.3, 0.4) is 0 Å². The van der Waals surface area contributed by atoms with Gasteiger partial charge >= 0.3 is 5.97 Å². The molecule has 1 aliphatic heterocycles. The van der Waals surface area contributed by atoms with Crippen LogP contribution in [0, 0.1) is 7.14 Å². The Hall–Kier alpha value is -1.63. The number of hydrogen-bond acceptors (Lipinski definition) is 7. The standard InChI is InChI=1S/C18H16I2O7/c1-22-14-4-9(15(20)17(24-3)16(14)23-2)7-25-18(21)10-5-12-13(6-11(10)19)27-8-26-12/h4-6H,7-8H2,1-3H3. The van der Waals surface area contributed by atoms with Gasteiger partial charge in [-0.1, -0.05) is 0 Å². The smallest absolute Gasteiger partial charge is 0.339 e. The predicted molar refractivity (Wildman–Crippen MR) is 113 cm³/mol. The van der Waals surface area contributed by atoms with Crippen LogP contribution in [0.5, 0.6) is 28.7 Å². The van der Waals surface area contributed by atoms with Gasteiger partial charge in [-0.25, -0.2) is 4.79 Å². The highest BCUT2D eigenvalue weighted by Gasteiger charge is 2.23. The van der Waals surface area contributed by atoms with Crippen LogP contribution in [0.15, 0.2) is 18.2 Å². The molecule has 0 spiro atoms.